The summed E-state index contributed by atoms with van der Waals surface area (Å²) in [4.78, 5) is 54.9. The molecule has 14 heteroatoms. The lowest BCUT2D eigenvalue weighted by Crippen LogP contribution is -2.59. The number of aromatic nitrogens is 4. The zero-order valence-electron chi connectivity index (χ0n) is 27.4. The highest BCUT2D eigenvalue weighted by Gasteiger charge is 2.42. The summed E-state index contributed by atoms with van der Waals surface area (Å²) in [7, 11) is 3.21. The normalized spacial score (nSPS) is 15.8. The highest BCUT2D eigenvalue weighted by molar-refractivity contribution is 6.03. The number of imidazole rings is 1. The number of benzene rings is 2. The third-order valence-electron chi connectivity index (χ3n) is 8.21. The molecular formula is C33H42ClN9O4. The van der Waals surface area contributed by atoms with Gasteiger partial charge in [-0.05, 0) is 62.6 Å². The van der Waals surface area contributed by atoms with E-state index in [0.29, 0.717) is 47.5 Å². The minimum atomic E-state index is -0.806. The van der Waals surface area contributed by atoms with Crippen molar-refractivity contribution in [2.45, 2.75) is 58.7 Å². The van der Waals surface area contributed by atoms with E-state index in [2.05, 4.69) is 36.2 Å². The van der Waals surface area contributed by atoms with Gasteiger partial charge in [-0.1, -0.05) is 20.8 Å². The van der Waals surface area contributed by atoms with Crippen LogP contribution in [0.5, 0.6) is 5.75 Å². The summed E-state index contributed by atoms with van der Waals surface area (Å²) in [6.07, 6.45) is 7.95. The summed E-state index contributed by atoms with van der Waals surface area (Å²) < 4.78 is 7.53. The van der Waals surface area contributed by atoms with Gasteiger partial charge in [0.05, 0.1) is 30.7 Å². The van der Waals surface area contributed by atoms with Crippen molar-refractivity contribution in [3.05, 3.63) is 61.4 Å². The Bertz CT molecular complexity index is 1710. The summed E-state index contributed by atoms with van der Waals surface area (Å²) in [6.45, 7) is 7.83. The van der Waals surface area contributed by atoms with Gasteiger partial charge < -0.3 is 35.5 Å². The minimum absolute atomic E-state index is 0. The van der Waals surface area contributed by atoms with Gasteiger partial charge in [-0.2, -0.15) is 0 Å². The monoisotopic (exact) mass is 663 g/mol. The fourth-order valence-electron chi connectivity index (χ4n) is 5.45. The molecule has 0 bridgehead atoms. The van der Waals surface area contributed by atoms with E-state index in [0.717, 1.165) is 11.4 Å². The lowest BCUT2D eigenvalue weighted by atomic mass is 9.85. The fourth-order valence-corrected chi connectivity index (χ4v) is 5.45. The Morgan fingerprint density at radius 2 is 1.83 bits per heavy atom. The van der Waals surface area contributed by atoms with Crippen LogP contribution in [0.25, 0.3) is 16.6 Å². The first-order chi connectivity index (χ1) is 22.0. The van der Waals surface area contributed by atoms with E-state index in [1.165, 1.54) is 13.4 Å². The molecule has 1 aliphatic rings. The smallest absolute Gasteiger partial charge is 0.247 e. The van der Waals surface area contributed by atoms with Crippen molar-refractivity contribution in [2.24, 2.45) is 5.41 Å². The van der Waals surface area contributed by atoms with Crippen molar-refractivity contribution in [3.63, 3.8) is 0 Å². The van der Waals surface area contributed by atoms with Crippen LogP contribution in [0.2, 0.25) is 0 Å². The summed E-state index contributed by atoms with van der Waals surface area (Å²) >= 11 is 0. The number of anilines is 3. The first-order valence-electron chi connectivity index (χ1n) is 15.3. The maximum absolute atomic E-state index is 13.9. The topological polar surface area (TPSA) is 155 Å². The number of carbonyl (C=O) groups excluding carboxylic acids is 3. The third-order valence-corrected chi connectivity index (χ3v) is 8.21. The molecule has 3 amide bonds. The SMILES string of the molecule is CN[C@@H](C)C(=O)N[C@H](C(=O)N1CCCC1C(=O)Nc1cc2c(Nc3ccc(-n4ccnc4)cc3)ncnc2cc1OC)C(C)(C)C.Cl. The lowest BCUT2D eigenvalue weighted by Gasteiger charge is -2.36. The number of likely N-dealkylation sites (N-methyl/N-ethyl adjacent to an activating group) is 1. The van der Waals surface area contributed by atoms with Gasteiger partial charge in [0.1, 0.15) is 30.0 Å². The maximum atomic E-state index is 13.9. The van der Waals surface area contributed by atoms with E-state index in [-0.39, 0.29) is 30.1 Å². The quantitative estimate of drug-likeness (QED) is 0.197. The summed E-state index contributed by atoms with van der Waals surface area (Å²) in [5.41, 5.74) is 2.26. The first kappa shape index (κ1) is 35.1. The molecule has 1 aliphatic heterocycles. The van der Waals surface area contributed by atoms with Gasteiger partial charge in [0.25, 0.3) is 0 Å². The zero-order valence-corrected chi connectivity index (χ0v) is 28.2. The molecule has 0 radical (unpaired) electrons. The number of likely N-dealkylation sites (tertiary alicyclic amines) is 1. The molecule has 0 saturated carbocycles. The van der Waals surface area contributed by atoms with Crippen molar-refractivity contribution in [2.75, 3.05) is 31.3 Å². The fraction of sp³-hybridized carbons (Fsp3) is 0.394. The standard InChI is InChI=1S/C33H41N9O4.ClH/c1-20(34-5)30(43)40-28(33(2,3)4)32(45)42-14-7-8-26(42)31(44)39-25-16-23-24(17-27(25)46-6)36-18-37-29(23)38-21-9-11-22(12-10-21)41-15-13-35-19-41;/h9-13,15-20,26,28,34H,7-8,14H2,1-6H3,(H,39,44)(H,40,43)(H,36,37,38);1H/t20-,26?,28+;/m0./s1. The molecule has 3 heterocycles. The molecule has 250 valence electrons. The minimum Gasteiger partial charge on any atom is -0.494 e. The molecule has 0 aliphatic carbocycles. The summed E-state index contributed by atoms with van der Waals surface area (Å²) in [5, 5.41) is 12.8. The van der Waals surface area contributed by atoms with Crippen molar-refractivity contribution in [1.29, 1.82) is 0 Å². The summed E-state index contributed by atoms with van der Waals surface area (Å²) in [5.74, 6) is 0.0686. The molecule has 4 N–H and O–H groups in total. The Hall–Kier alpha value is -4.75. The van der Waals surface area contributed by atoms with Gasteiger partial charge in [-0.15, -0.1) is 12.4 Å². The van der Waals surface area contributed by atoms with Crippen molar-refractivity contribution < 1.29 is 19.1 Å². The van der Waals surface area contributed by atoms with Gasteiger partial charge in [0.2, 0.25) is 17.7 Å². The predicted octanol–water partition coefficient (Wildman–Crippen LogP) is 4.06. The molecule has 13 nitrogen and oxygen atoms in total. The largest absolute Gasteiger partial charge is 0.494 e. The molecular weight excluding hydrogens is 622 g/mol. The van der Waals surface area contributed by atoms with Gasteiger partial charge in [0, 0.05) is 41.8 Å². The van der Waals surface area contributed by atoms with E-state index >= 15 is 0 Å². The second-order valence-electron chi connectivity index (χ2n) is 12.4. The van der Waals surface area contributed by atoms with Crippen LogP contribution in [-0.4, -0.2) is 81.0 Å². The van der Waals surface area contributed by atoms with Crippen molar-refractivity contribution in [1.82, 2.24) is 35.1 Å². The number of rotatable bonds is 10. The molecule has 4 aromatic rings. The van der Waals surface area contributed by atoms with Crippen LogP contribution in [0, 0.1) is 5.41 Å². The number of methoxy groups -OCH3 is 1. The number of amides is 3. The average Bonchev–Trinajstić information content (AvgIpc) is 3.76. The third kappa shape index (κ3) is 7.80. The second kappa shape index (κ2) is 14.8. The molecule has 0 spiro atoms. The Morgan fingerprint density at radius 1 is 1.09 bits per heavy atom. The number of nitrogens with one attached hydrogen (secondary N) is 4. The van der Waals surface area contributed by atoms with E-state index in [4.69, 9.17) is 4.74 Å². The van der Waals surface area contributed by atoms with Gasteiger partial charge in [0.15, 0.2) is 0 Å². The van der Waals surface area contributed by atoms with E-state index in [1.807, 2.05) is 55.8 Å². The number of carbonyl (C=O) groups is 3. The highest BCUT2D eigenvalue weighted by Crippen LogP contribution is 2.34. The van der Waals surface area contributed by atoms with Crippen LogP contribution in [0.1, 0.15) is 40.5 Å². The van der Waals surface area contributed by atoms with E-state index in [1.54, 1.807) is 43.5 Å². The van der Waals surface area contributed by atoms with E-state index in [9.17, 15) is 14.4 Å². The van der Waals surface area contributed by atoms with Gasteiger partial charge in [-0.3, -0.25) is 14.4 Å². The van der Waals surface area contributed by atoms with Crippen molar-refractivity contribution in [3.8, 4) is 11.4 Å². The van der Waals surface area contributed by atoms with Crippen LogP contribution < -0.4 is 26.0 Å². The molecule has 1 fully saturated rings. The van der Waals surface area contributed by atoms with Crippen LogP contribution in [0.4, 0.5) is 17.2 Å². The number of halogens is 1. The van der Waals surface area contributed by atoms with Crippen LogP contribution in [0.3, 0.4) is 0 Å². The Morgan fingerprint density at radius 3 is 2.47 bits per heavy atom. The van der Waals surface area contributed by atoms with Gasteiger partial charge >= 0.3 is 0 Å². The molecule has 47 heavy (non-hydrogen) atoms. The van der Waals surface area contributed by atoms with Gasteiger partial charge in [-0.25, -0.2) is 15.0 Å². The highest BCUT2D eigenvalue weighted by atomic mass is 35.5. The van der Waals surface area contributed by atoms with E-state index < -0.39 is 23.5 Å². The van der Waals surface area contributed by atoms with Crippen LogP contribution >= 0.6 is 12.4 Å². The molecule has 2 aromatic heterocycles. The molecule has 3 atom stereocenters. The number of nitrogens with zero attached hydrogens (tertiary/aromatic N) is 5. The average molecular weight is 664 g/mol. The second-order valence-corrected chi connectivity index (χ2v) is 12.4. The number of hydrogen-bond acceptors (Lipinski definition) is 9. The molecule has 1 saturated heterocycles. The predicted molar refractivity (Wildman–Crippen MR) is 183 cm³/mol. The Labute approximate surface area is 280 Å². The zero-order chi connectivity index (χ0) is 33.0. The van der Waals surface area contributed by atoms with Crippen LogP contribution in [0.15, 0.2) is 61.4 Å². The van der Waals surface area contributed by atoms with Crippen LogP contribution in [-0.2, 0) is 14.4 Å². The molecule has 2 aromatic carbocycles. The lowest BCUT2D eigenvalue weighted by molar-refractivity contribution is -0.143. The number of hydrogen-bond donors (Lipinski definition) is 4. The van der Waals surface area contributed by atoms with Crippen molar-refractivity contribution >= 4 is 58.2 Å². The maximum Gasteiger partial charge on any atom is 0.247 e. The number of ether oxygens (including phenoxy) is 1. The Balaban J connectivity index is 0.00000500. The number of fused-ring (bicyclic) bond motifs is 1. The Kier molecular flexibility index (Phi) is 11.0. The summed E-state index contributed by atoms with van der Waals surface area (Å²) in [6, 6.07) is 9.33. The molecule has 1 unspecified atom stereocenters. The first-order valence-corrected chi connectivity index (χ1v) is 15.3. The molecule has 5 rings (SSSR count).